The Morgan fingerprint density at radius 3 is 2.41 bits per heavy atom. The van der Waals surface area contributed by atoms with Crippen LogP contribution in [-0.2, 0) is 4.74 Å². The van der Waals surface area contributed by atoms with Crippen molar-refractivity contribution in [3.05, 3.63) is 66.2 Å². The normalized spacial score (nSPS) is 19.4. The second-order valence-corrected chi connectivity index (χ2v) is 5.55. The summed E-state index contributed by atoms with van der Waals surface area (Å²) in [7, 11) is 0. The van der Waals surface area contributed by atoms with E-state index < -0.39 is 0 Å². The van der Waals surface area contributed by atoms with E-state index in [-0.39, 0.29) is 6.10 Å². The van der Waals surface area contributed by atoms with Gasteiger partial charge in [0.15, 0.2) is 0 Å². The minimum atomic E-state index is 0.0699. The number of hydrogen-bond acceptors (Lipinski definition) is 2. The van der Waals surface area contributed by atoms with Crippen molar-refractivity contribution in [1.29, 1.82) is 0 Å². The molecular formula is C19H22N2O. The minimum absolute atomic E-state index is 0.0699. The fourth-order valence-corrected chi connectivity index (χ4v) is 2.60. The first kappa shape index (κ1) is 14.6. The summed E-state index contributed by atoms with van der Waals surface area (Å²) in [5.74, 6) is 0. The number of para-hydroxylation sites is 1. The van der Waals surface area contributed by atoms with Crippen LogP contribution in [0.2, 0.25) is 0 Å². The molecule has 0 aliphatic carbocycles. The third-order valence-electron chi connectivity index (χ3n) is 3.84. The predicted molar refractivity (Wildman–Crippen MR) is 90.3 cm³/mol. The van der Waals surface area contributed by atoms with Gasteiger partial charge in [-0.3, -0.25) is 0 Å². The van der Waals surface area contributed by atoms with E-state index in [1.54, 1.807) is 0 Å². The van der Waals surface area contributed by atoms with Gasteiger partial charge in [-0.1, -0.05) is 61.9 Å². The molecule has 1 aliphatic rings. The van der Waals surface area contributed by atoms with E-state index in [4.69, 9.17) is 4.74 Å². The summed E-state index contributed by atoms with van der Waals surface area (Å²) in [5.41, 5.74) is 2.15. The van der Waals surface area contributed by atoms with Crippen molar-refractivity contribution in [2.75, 3.05) is 13.1 Å². The Kier molecular flexibility index (Phi) is 4.74. The molecule has 2 aromatic carbocycles. The van der Waals surface area contributed by atoms with Gasteiger partial charge in [-0.05, 0) is 24.1 Å². The first-order valence-corrected chi connectivity index (χ1v) is 7.97. The second kappa shape index (κ2) is 7.12. The molecule has 1 atom stereocenters. The zero-order valence-corrected chi connectivity index (χ0v) is 13.0. The number of ether oxygens (including phenoxy) is 1. The molecule has 114 valence electrons. The van der Waals surface area contributed by atoms with Gasteiger partial charge >= 0.3 is 0 Å². The van der Waals surface area contributed by atoms with Gasteiger partial charge in [0.2, 0.25) is 0 Å². The molecular weight excluding hydrogens is 272 g/mol. The van der Waals surface area contributed by atoms with Gasteiger partial charge in [0.1, 0.15) is 6.10 Å². The topological polar surface area (TPSA) is 24.8 Å². The number of nitrogens with zero attached hydrogens (tertiary/aromatic N) is 2. The van der Waals surface area contributed by atoms with Crippen LogP contribution in [0.1, 0.15) is 31.4 Å². The summed E-state index contributed by atoms with van der Waals surface area (Å²) in [6.07, 6.45) is 2.39. The van der Waals surface area contributed by atoms with Gasteiger partial charge in [0.25, 0.3) is 6.02 Å². The molecule has 1 aliphatic heterocycles. The molecule has 0 amide bonds. The highest BCUT2D eigenvalue weighted by Gasteiger charge is 2.30. The van der Waals surface area contributed by atoms with Gasteiger partial charge in [0, 0.05) is 6.54 Å². The minimum Gasteiger partial charge on any atom is -0.455 e. The largest absolute Gasteiger partial charge is 0.455 e. The summed E-state index contributed by atoms with van der Waals surface area (Å²) in [4.78, 5) is 6.95. The standard InChI is InChI=1S/C19H22N2O/c1-2-3-14-21-15-18(16-10-6-4-7-11-16)22-19(21)20-17-12-8-5-9-13-17/h4-13,18H,2-3,14-15H2,1H3. The van der Waals surface area contributed by atoms with Crippen LogP contribution in [0, 0.1) is 0 Å². The number of amidine groups is 1. The Labute approximate surface area is 132 Å². The van der Waals surface area contributed by atoms with Crippen LogP contribution < -0.4 is 0 Å². The Morgan fingerprint density at radius 1 is 1.05 bits per heavy atom. The van der Waals surface area contributed by atoms with Gasteiger partial charge < -0.3 is 9.64 Å². The number of hydrogen-bond donors (Lipinski definition) is 0. The molecule has 1 unspecified atom stereocenters. The highest BCUT2D eigenvalue weighted by molar-refractivity contribution is 5.79. The lowest BCUT2D eigenvalue weighted by Crippen LogP contribution is -2.26. The van der Waals surface area contributed by atoms with Gasteiger partial charge in [0.05, 0.1) is 12.2 Å². The van der Waals surface area contributed by atoms with Crippen LogP contribution in [0.3, 0.4) is 0 Å². The number of rotatable bonds is 5. The highest BCUT2D eigenvalue weighted by Crippen LogP contribution is 2.27. The van der Waals surface area contributed by atoms with Gasteiger partial charge in [-0.25, -0.2) is 0 Å². The number of aliphatic imine (C=N–C) groups is 1. The molecule has 0 N–H and O–H groups in total. The Bertz CT molecular complexity index is 610. The summed E-state index contributed by atoms with van der Waals surface area (Å²) in [6.45, 7) is 4.07. The molecule has 3 nitrogen and oxygen atoms in total. The summed E-state index contributed by atoms with van der Waals surface area (Å²) in [5, 5.41) is 0. The van der Waals surface area contributed by atoms with E-state index >= 15 is 0 Å². The summed E-state index contributed by atoms with van der Waals surface area (Å²) < 4.78 is 6.14. The first-order chi connectivity index (χ1) is 10.9. The molecule has 0 bridgehead atoms. The Balaban J connectivity index is 1.81. The Hall–Kier alpha value is -2.29. The fourth-order valence-electron chi connectivity index (χ4n) is 2.60. The van der Waals surface area contributed by atoms with Crippen LogP contribution >= 0.6 is 0 Å². The van der Waals surface area contributed by atoms with Crippen molar-refractivity contribution in [3.8, 4) is 0 Å². The summed E-state index contributed by atoms with van der Waals surface area (Å²) in [6, 6.07) is 21.1. The SMILES string of the molecule is CCCCN1CC(c2ccccc2)OC1=Nc1ccccc1. The van der Waals surface area contributed by atoms with Crippen molar-refractivity contribution in [3.63, 3.8) is 0 Å². The molecule has 0 radical (unpaired) electrons. The van der Waals surface area contributed by atoms with Crippen LogP contribution in [0.15, 0.2) is 65.7 Å². The van der Waals surface area contributed by atoms with E-state index in [0.717, 1.165) is 31.2 Å². The molecule has 1 fully saturated rings. The molecule has 22 heavy (non-hydrogen) atoms. The zero-order chi connectivity index (χ0) is 15.2. The third kappa shape index (κ3) is 3.48. The molecule has 1 saturated heterocycles. The van der Waals surface area contributed by atoms with Crippen LogP contribution in [0.4, 0.5) is 5.69 Å². The first-order valence-electron chi connectivity index (χ1n) is 7.97. The van der Waals surface area contributed by atoms with E-state index in [2.05, 4.69) is 41.1 Å². The fraction of sp³-hybridized carbons (Fsp3) is 0.316. The third-order valence-corrected chi connectivity index (χ3v) is 3.84. The van der Waals surface area contributed by atoms with Gasteiger partial charge in [-0.2, -0.15) is 4.99 Å². The summed E-state index contributed by atoms with van der Waals surface area (Å²) >= 11 is 0. The van der Waals surface area contributed by atoms with E-state index in [9.17, 15) is 0 Å². The average molecular weight is 294 g/mol. The van der Waals surface area contributed by atoms with E-state index in [1.807, 2.05) is 36.4 Å². The second-order valence-electron chi connectivity index (χ2n) is 5.55. The highest BCUT2D eigenvalue weighted by atomic mass is 16.5. The van der Waals surface area contributed by atoms with Crippen molar-refractivity contribution in [2.45, 2.75) is 25.9 Å². The zero-order valence-electron chi connectivity index (χ0n) is 13.0. The van der Waals surface area contributed by atoms with Crippen molar-refractivity contribution < 1.29 is 4.74 Å². The van der Waals surface area contributed by atoms with Gasteiger partial charge in [-0.15, -0.1) is 0 Å². The molecule has 2 aromatic rings. The molecule has 0 aromatic heterocycles. The van der Waals surface area contributed by atoms with E-state index in [1.165, 1.54) is 12.0 Å². The molecule has 3 rings (SSSR count). The van der Waals surface area contributed by atoms with Crippen molar-refractivity contribution >= 4 is 11.7 Å². The lowest BCUT2D eigenvalue weighted by molar-refractivity contribution is 0.235. The van der Waals surface area contributed by atoms with Crippen molar-refractivity contribution in [1.82, 2.24) is 4.90 Å². The van der Waals surface area contributed by atoms with Crippen LogP contribution in [-0.4, -0.2) is 24.0 Å². The molecule has 0 spiro atoms. The lowest BCUT2D eigenvalue weighted by atomic mass is 10.1. The molecule has 3 heteroatoms. The average Bonchev–Trinajstić information content (AvgIpc) is 2.97. The van der Waals surface area contributed by atoms with Crippen molar-refractivity contribution in [2.24, 2.45) is 4.99 Å². The van der Waals surface area contributed by atoms with Crippen LogP contribution in [0.5, 0.6) is 0 Å². The molecule has 0 saturated carbocycles. The monoisotopic (exact) mass is 294 g/mol. The maximum atomic E-state index is 6.14. The number of benzene rings is 2. The maximum Gasteiger partial charge on any atom is 0.293 e. The maximum absolute atomic E-state index is 6.14. The van der Waals surface area contributed by atoms with E-state index in [0.29, 0.717) is 0 Å². The predicted octanol–water partition coefficient (Wildman–Crippen LogP) is 4.55. The lowest BCUT2D eigenvalue weighted by Gasteiger charge is -2.14. The molecule has 1 heterocycles. The smallest absolute Gasteiger partial charge is 0.293 e. The number of unbranched alkanes of at least 4 members (excludes halogenated alkanes) is 1. The van der Waals surface area contributed by atoms with Crippen LogP contribution in [0.25, 0.3) is 0 Å². The quantitative estimate of drug-likeness (QED) is 0.808. The Morgan fingerprint density at radius 2 is 1.73 bits per heavy atom.